The molecule has 0 radical (unpaired) electrons. The Balaban J connectivity index is 1.08. The third-order valence-corrected chi connectivity index (χ3v) is 10.3. The van der Waals surface area contributed by atoms with E-state index in [0.29, 0.717) is 30.8 Å². The molecule has 1 fully saturated rings. The van der Waals surface area contributed by atoms with Crippen LogP contribution < -0.4 is 21.1 Å². The van der Waals surface area contributed by atoms with Crippen molar-refractivity contribution in [2.45, 2.75) is 62.2 Å². The predicted octanol–water partition coefficient (Wildman–Crippen LogP) is 8.20. The molecule has 1 saturated heterocycles. The number of nitrogen functional groups attached to an aromatic ring is 1. The molecule has 10 heteroatoms. The van der Waals surface area contributed by atoms with Crippen molar-refractivity contribution in [3.8, 4) is 16.9 Å². The molecule has 5 aromatic carbocycles. The van der Waals surface area contributed by atoms with Gasteiger partial charge in [-0.05, 0) is 58.5 Å². The number of para-hydroxylation sites is 3. The third kappa shape index (κ3) is 10.3. The van der Waals surface area contributed by atoms with Gasteiger partial charge in [-0.2, -0.15) is 0 Å². The molecular weight excluding hydrogens is 687 g/mol. The number of hydrogen-bond acceptors (Lipinski definition) is 8. The SMILES string of the molecule is COc1ccccc1SCC1CC(c2ccc(CO)cc2)OC(c2ccc(-c3ccccc3CNC(=O)CCCC(=O)Nc3ccccc3N)cc2)O1. The van der Waals surface area contributed by atoms with Gasteiger partial charge in [-0.1, -0.05) is 97.1 Å². The molecule has 274 valence electrons. The first kappa shape index (κ1) is 37.6. The van der Waals surface area contributed by atoms with Gasteiger partial charge in [0.05, 0.1) is 37.3 Å². The number of methoxy groups -OCH3 is 1. The fourth-order valence-corrected chi connectivity index (χ4v) is 7.28. The highest BCUT2D eigenvalue weighted by atomic mass is 32.2. The number of thioether (sulfide) groups is 1. The number of aliphatic hydroxyl groups is 1. The molecule has 2 amide bonds. The Hall–Kier alpha value is -5.13. The molecule has 6 rings (SSSR count). The van der Waals surface area contributed by atoms with Crippen LogP contribution in [0.25, 0.3) is 11.1 Å². The number of carbonyl (C=O) groups is 2. The third-order valence-electron chi connectivity index (χ3n) is 9.14. The summed E-state index contributed by atoms with van der Waals surface area (Å²) in [6, 6.07) is 39.1. The van der Waals surface area contributed by atoms with Crippen LogP contribution in [-0.4, -0.2) is 35.9 Å². The summed E-state index contributed by atoms with van der Waals surface area (Å²) in [5.74, 6) is 1.26. The molecular formula is C43H45N3O6S. The molecule has 0 bridgehead atoms. The summed E-state index contributed by atoms with van der Waals surface area (Å²) >= 11 is 1.70. The Morgan fingerprint density at radius 3 is 2.30 bits per heavy atom. The second kappa shape index (κ2) is 18.6. The molecule has 3 atom stereocenters. The van der Waals surface area contributed by atoms with Gasteiger partial charge in [0.1, 0.15) is 5.75 Å². The lowest BCUT2D eigenvalue weighted by molar-refractivity contribution is -0.245. The molecule has 5 N–H and O–H groups in total. The van der Waals surface area contributed by atoms with Gasteiger partial charge in [0.2, 0.25) is 11.8 Å². The smallest absolute Gasteiger partial charge is 0.224 e. The van der Waals surface area contributed by atoms with Gasteiger partial charge in [0, 0.05) is 42.0 Å². The zero-order valence-corrected chi connectivity index (χ0v) is 30.5. The highest BCUT2D eigenvalue weighted by Gasteiger charge is 2.32. The topological polar surface area (TPSA) is 132 Å². The van der Waals surface area contributed by atoms with Crippen LogP contribution in [0.5, 0.6) is 5.75 Å². The lowest BCUT2D eigenvalue weighted by Crippen LogP contribution is -2.31. The Morgan fingerprint density at radius 2 is 1.53 bits per heavy atom. The zero-order chi connectivity index (χ0) is 37.0. The van der Waals surface area contributed by atoms with E-state index < -0.39 is 6.29 Å². The molecule has 5 aromatic rings. The zero-order valence-electron chi connectivity index (χ0n) is 29.7. The van der Waals surface area contributed by atoms with Crippen LogP contribution in [0.3, 0.4) is 0 Å². The Labute approximate surface area is 314 Å². The summed E-state index contributed by atoms with van der Waals surface area (Å²) in [6.45, 7) is 0.352. The van der Waals surface area contributed by atoms with Crippen LogP contribution in [0.2, 0.25) is 0 Å². The number of nitrogens with two attached hydrogens (primary N) is 1. The van der Waals surface area contributed by atoms with E-state index in [4.69, 9.17) is 19.9 Å². The monoisotopic (exact) mass is 731 g/mol. The molecule has 0 aliphatic carbocycles. The number of ether oxygens (including phenoxy) is 3. The lowest BCUT2D eigenvalue weighted by Gasteiger charge is -2.36. The van der Waals surface area contributed by atoms with E-state index in [-0.39, 0.29) is 43.5 Å². The summed E-state index contributed by atoms with van der Waals surface area (Å²) in [6.07, 6.45) is 0.707. The molecule has 53 heavy (non-hydrogen) atoms. The summed E-state index contributed by atoms with van der Waals surface area (Å²) in [5.41, 5.74) is 12.8. The summed E-state index contributed by atoms with van der Waals surface area (Å²) in [5, 5.41) is 15.4. The van der Waals surface area contributed by atoms with Crippen molar-refractivity contribution in [2.75, 3.05) is 23.9 Å². The van der Waals surface area contributed by atoms with Crippen molar-refractivity contribution in [2.24, 2.45) is 0 Å². The molecule has 1 heterocycles. The fourth-order valence-electron chi connectivity index (χ4n) is 6.23. The van der Waals surface area contributed by atoms with E-state index >= 15 is 0 Å². The minimum Gasteiger partial charge on any atom is -0.496 e. The van der Waals surface area contributed by atoms with Gasteiger partial charge in [0.15, 0.2) is 6.29 Å². The quantitative estimate of drug-likeness (QED) is 0.0626. The second-order valence-corrected chi connectivity index (χ2v) is 13.9. The number of nitrogens with one attached hydrogen (secondary N) is 2. The first-order chi connectivity index (χ1) is 25.9. The number of hydrogen-bond donors (Lipinski definition) is 4. The van der Waals surface area contributed by atoms with Gasteiger partial charge < -0.3 is 35.7 Å². The normalized spacial score (nSPS) is 16.8. The first-order valence-corrected chi connectivity index (χ1v) is 18.7. The van der Waals surface area contributed by atoms with Gasteiger partial charge in [0.25, 0.3) is 0 Å². The lowest BCUT2D eigenvalue weighted by atomic mass is 9.97. The number of benzene rings is 5. The Morgan fingerprint density at radius 1 is 0.830 bits per heavy atom. The first-order valence-electron chi connectivity index (χ1n) is 17.8. The molecule has 0 aromatic heterocycles. The second-order valence-electron chi connectivity index (χ2n) is 12.9. The number of amides is 2. The van der Waals surface area contributed by atoms with Crippen LogP contribution in [0.1, 0.15) is 60.3 Å². The summed E-state index contributed by atoms with van der Waals surface area (Å²) in [4.78, 5) is 26.1. The summed E-state index contributed by atoms with van der Waals surface area (Å²) < 4.78 is 18.7. The highest BCUT2D eigenvalue weighted by Crippen LogP contribution is 2.41. The van der Waals surface area contributed by atoms with E-state index in [9.17, 15) is 14.7 Å². The number of carbonyl (C=O) groups excluding carboxylic acids is 2. The van der Waals surface area contributed by atoms with Crippen LogP contribution >= 0.6 is 11.8 Å². The summed E-state index contributed by atoms with van der Waals surface area (Å²) in [7, 11) is 1.68. The maximum absolute atomic E-state index is 12.7. The fraction of sp³-hybridized carbons (Fsp3) is 0.256. The standard InChI is InChI=1S/C43H45N3O6S/c1-50-38-13-6-7-14-40(38)53-28-34-25-39(31-19-17-29(27-47)18-20-31)52-43(51-34)32-23-21-30(22-24-32)35-10-3-2-9-33(35)26-45-41(48)15-8-16-42(49)46-37-12-5-4-11-36(37)44/h2-7,9-14,17-24,34,39,43,47H,8,15-16,25-28,44H2,1H3,(H,45,48)(H,46,49). The minimum absolute atomic E-state index is 0.0102. The Kier molecular flexibility index (Phi) is 13.2. The van der Waals surface area contributed by atoms with E-state index in [2.05, 4.69) is 28.8 Å². The van der Waals surface area contributed by atoms with Crippen LogP contribution in [0.4, 0.5) is 11.4 Å². The van der Waals surface area contributed by atoms with Gasteiger partial charge >= 0.3 is 0 Å². The molecule has 3 unspecified atom stereocenters. The number of aliphatic hydroxyl groups excluding tert-OH is 1. The van der Waals surface area contributed by atoms with Crippen molar-refractivity contribution in [3.05, 3.63) is 144 Å². The van der Waals surface area contributed by atoms with Crippen LogP contribution in [0, 0.1) is 0 Å². The van der Waals surface area contributed by atoms with E-state index in [1.807, 2.05) is 84.9 Å². The van der Waals surface area contributed by atoms with Crippen LogP contribution in [-0.2, 0) is 32.2 Å². The van der Waals surface area contributed by atoms with E-state index in [1.165, 1.54) is 0 Å². The molecule has 1 aliphatic rings. The average molecular weight is 732 g/mol. The van der Waals surface area contributed by atoms with E-state index in [0.717, 1.165) is 49.8 Å². The molecule has 1 aliphatic heterocycles. The minimum atomic E-state index is -0.578. The maximum Gasteiger partial charge on any atom is 0.224 e. The van der Waals surface area contributed by atoms with Crippen molar-refractivity contribution in [1.82, 2.24) is 5.32 Å². The predicted molar refractivity (Wildman–Crippen MR) is 209 cm³/mol. The van der Waals surface area contributed by atoms with Gasteiger partial charge in [-0.25, -0.2) is 0 Å². The van der Waals surface area contributed by atoms with Gasteiger partial charge in [-0.15, -0.1) is 11.8 Å². The van der Waals surface area contributed by atoms with Crippen molar-refractivity contribution >= 4 is 35.0 Å². The van der Waals surface area contributed by atoms with Crippen LogP contribution in [0.15, 0.2) is 126 Å². The van der Waals surface area contributed by atoms with E-state index in [1.54, 1.807) is 37.1 Å². The molecule has 0 spiro atoms. The highest BCUT2D eigenvalue weighted by molar-refractivity contribution is 7.99. The van der Waals surface area contributed by atoms with Gasteiger partial charge in [-0.3, -0.25) is 9.59 Å². The van der Waals surface area contributed by atoms with Crippen molar-refractivity contribution < 1.29 is 28.9 Å². The molecule has 9 nitrogen and oxygen atoms in total. The largest absolute Gasteiger partial charge is 0.496 e. The number of anilines is 2. The molecule has 0 saturated carbocycles. The van der Waals surface area contributed by atoms with Crippen molar-refractivity contribution in [1.29, 1.82) is 0 Å². The van der Waals surface area contributed by atoms with Crippen molar-refractivity contribution in [3.63, 3.8) is 0 Å². The average Bonchev–Trinajstić information content (AvgIpc) is 3.20. The maximum atomic E-state index is 12.7. The number of rotatable bonds is 15. The Bertz CT molecular complexity index is 1970.